The molecule has 0 heterocycles. The molecule has 2 heteroatoms. The van der Waals surface area contributed by atoms with Crippen LogP contribution < -0.4 is 0 Å². The molecule has 0 bridgehead atoms. The van der Waals surface area contributed by atoms with Crippen LogP contribution in [0.4, 0.5) is 8.78 Å². The molecule has 0 aliphatic rings. The summed E-state index contributed by atoms with van der Waals surface area (Å²) >= 11 is 0. The maximum absolute atomic E-state index is 13.1. The third-order valence-electron chi connectivity index (χ3n) is 3.89. The maximum atomic E-state index is 13.1. The zero-order chi connectivity index (χ0) is 14.4. The first-order chi connectivity index (χ1) is 9.62. The fraction of sp³-hybridized carbons (Fsp3) is 0.444. The van der Waals surface area contributed by atoms with Gasteiger partial charge in [-0.25, -0.2) is 8.78 Å². The molecule has 0 radical (unpaired) electrons. The Bertz CT molecular complexity index is 541. The first kappa shape index (κ1) is 15.0. The highest BCUT2D eigenvalue weighted by atomic mass is 19.3. The van der Waals surface area contributed by atoms with Crippen molar-refractivity contribution in [1.82, 2.24) is 0 Å². The average molecular weight is 276 g/mol. The lowest BCUT2D eigenvalue weighted by atomic mass is 9.99. The second-order valence-electron chi connectivity index (χ2n) is 5.41. The molecule has 0 nitrogen and oxygen atoms in total. The number of alkyl halides is 2. The van der Waals surface area contributed by atoms with Crippen LogP contribution in [-0.4, -0.2) is 5.92 Å². The van der Waals surface area contributed by atoms with Gasteiger partial charge < -0.3 is 0 Å². The van der Waals surface area contributed by atoms with Crippen LogP contribution in [0.5, 0.6) is 0 Å². The van der Waals surface area contributed by atoms with E-state index in [1.807, 2.05) is 12.1 Å². The third kappa shape index (κ3) is 4.03. The normalized spacial score (nSPS) is 11.9. The van der Waals surface area contributed by atoms with Gasteiger partial charge in [-0.15, -0.1) is 0 Å². The van der Waals surface area contributed by atoms with Crippen molar-refractivity contribution in [3.8, 4) is 0 Å². The second-order valence-corrected chi connectivity index (χ2v) is 5.41. The summed E-state index contributed by atoms with van der Waals surface area (Å²) in [7, 11) is 0. The van der Waals surface area contributed by atoms with Gasteiger partial charge in [0.2, 0.25) is 5.92 Å². The molecule has 20 heavy (non-hydrogen) atoms. The van der Waals surface area contributed by atoms with E-state index < -0.39 is 5.92 Å². The number of unbranched alkanes of at least 4 members (excludes halogenated alkanes) is 2. The van der Waals surface area contributed by atoms with Gasteiger partial charge in [0.1, 0.15) is 0 Å². The van der Waals surface area contributed by atoms with E-state index in [2.05, 4.69) is 30.3 Å². The number of rotatable bonds is 7. The van der Waals surface area contributed by atoms with Crippen molar-refractivity contribution in [3.63, 3.8) is 0 Å². The summed E-state index contributed by atoms with van der Waals surface area (Å²) in [6.07, 6.45) is 3.42. The Labute approximate surface area is 119 Å². The van der Waals surface area contributed by atoms with E-state index in [0.29, 0.717) is 6.42 Å². The molecule has 2 aromatic rings. The zero-order valence-electron chi connectivity index (χ0n) is 12.0. The molecule has 0 saturated carbocycles. The Morgan fingerprint density at radius 3 is 2.45 bits per heavy atom. The number of aryl methyl sites for hydroxylation is 1. The standard InChI is InChI=1S/C18H22F2/c1-2-18(19,20)14-7-3-4-9-15-11-8-12-16-10-5-6-13-17(15)16/h5-6,8,10-13H,2-4,7,9,14H2,1H3. The SMILES string of the molecule is CCC(F)(F)CCCCCc1cccc2ccccc12. The van der Waals surface area contributed by atoms with E-state index >= 15 is 0 Å². The van der Waals surface area contributed by atoms with Crippen LogP contribution >= 0.6 is 0 Å². The molecule has 0 spiro atoms. The Balaban J connectivity index is 1.85. The van der Waals surface area contributed by atoms with Crippen LogP contribution in [0.3, 0.4) is 0 Å². The van der Waals surface area contributed by atoms with Crippen LogP contribution in [0.25, 0.3) is 10.8 Å². The highest BCUT2D eigenvalue weighted by molar-refractivity contribution is 5.85. The Hall–Kier alpha value is -1.44. The lowest BCUT2D eigenvalue weighted by molar-refractivity contribution is -0.0136. The van der Waals surface area contributed by atoms with Crippen LogP contribution in [-0.2, 0) is 6.42 Å². The van der Waals surface area contributed by atoms with Crippen molar-refractivity contribution in [2.75, 3.05) is 0 Å². The van der Waals surface area contributed by atoms with Crippen molar-refractivity contribution in [1.29, 1.82) is 0 Å². The summed E-state index contributed by atoms with van der Waals surface area (Å²) in [6.45, 7) is 1.55. The van der Waals surface area contributed by atoms with Gasteiger partial charge in [0.15, 0.2) is 0 Å². The highest BCUT2D eigenvalue weighted by Gasteiger charge is 2.24. The Morgan fingerprint density at radius 2 is 1.65 bits per heavy atom. The van der Waals surface area contributed by atoms with Gasteiger partial charge in [0.25, 0.3) is 0 Å². The summed E-state index contributed by atoms with van der Waals surface area (Å²) < 4.78 is 26.2. The van der Waals surface area contributed by atoms with Gasteiger partial charge in [-0.05, 0) is 35.6 Å². The molecule has 0 amide bonds. The van der Waals surface area contributed by atoms with Crippen molar-refractivity contribution < 1.29 is 8.78 Å². The monoisotopic (exact) mass is 276 g/mol. The smallest absolute Gasteiger partial charge is 0.207 e. The van der Waals surface area contributed by atoms with E-state index in [1.54, 1.807) is 6.92 Å². The fourth-order valence-corrected chi connectivity index (χ4v) is 2.56. The molecule has 0 N–H and O–H groups in total. The van der Waals surface area contributed by atoms with Crippen LogP contribution in [0.15, 0.2) is 42.5 Å². The molecule has 0 aliphatic carbocycles. The van der Waals surface area contributed by atoms with Crippen molar-refractivity contribution in [2.45, 2.75) is 51.4 Å². The first-order valence-electron chi connectivity index (χ1n) is 7.47. The first-order valence-corrected chi connectivity index (χ1v) is 7.47. The third-order valence-corrected chi connectivity index (χ3v) is 3.89. The van der Waals surface area contributed by atoms with E-state index in [1.165, 1.54) is 16.3 Å². The molecule has 0 aliphatic heterocycles. The lowest BCUT2D eigenvalue weighted by Crippen LogP contribution is -2.13. The van der Waals surface area contributed by atoms with Gasteiger partial charge in [0.05, 0.1) is 0 Å². The summed E-state index contributed by atoms with van der Waals surface area (Å²) in [5.41, 5.74) is 1.32. The van der Waals surface area contributed by atoms with Gasteiger partial charge in [-0.3, -0.25) is 0 Å². The quantitative estimate of drug-likeness (QED) is 0.545. The van der Waals surface area contributed by atoms with E-state index in [9.17, 15) is 8.78 Å². The highest BCUT2D eigenvalue weighted by Crippen LogP contribution is 2.26. The van der Waals surface area contributed by atoms with Crippen LogP contribution in [0.1, 0.15) is 44.6 Å². The molecule has 2 aromatic carbocycles. The molecule has 2 rings (SSSR count). The number of halogens is 2. The minimum Gasteiger partial charge on any atom is -0.207 e. The van der Waals surface area contributed by atoms with Crippen LogP contribution in [0.2, 0.25) is 0 Å². The largest absolute Gasteiger partial charge is 0.247 e. The van der Waals surface area contributed by atoms with Gasteiger partial charge in [-0.2, -0.15) is 0 Å². The molecule has 0 fully saturated rings. The number of fused-ring (bicyclic) bond motifs is 1. The predicted molar refractivity (Wildman–Crippen MR) is 81.4 cm³/mol. The van der Waals surface area contributed by atoms with E-state index in [-0.39, 0.29) is 12.8 Å². The molecule has 0 aromatic heterocycles. The van der Waals surface area contributed by atoms with E-state index in [0.717, 1.165) is 19.3 Å². The maximum Gasteiger partial charge on any atom is 0.247 e. The second kappa shape index (κ2) is 6.83. The molecular formula is C18H22F2. The summed E-state index contributed by atoms with van der Waals surface area (Å²) in [4.78, 5) is 0. The minimum absolute atomic E-state index is 0.0268. The summed E-state index contributed by atoms with van der Waals surface area (Å²) in [5.74, 6) is -2.47. The molecular weight excluding hydrogens is 254 g/mol. The topological polar surface area (TPSA) is 0 Å². The fourth-order valence-electron chi connectivity index (χ4n) is 2.56. The predicted octanol–water partition coefficient (Wildman–Crippen LogP) is 5.99. The molecule has 108 valence electrons. The average Bonchev–Trinajstić information content (AvgIpc) is 2.47. The molecule has 0 unspecified atom stereocenters. The summed E-state index contributed by atoms with van der Waals surface area (Å²) in [5, 5.41) is 2.54. The number of hydrogen-bond acceptors (Lipinski definition) is 0. The minimum atomic E-state index is -2.47. The zero-order valence-corrected chi connectivity index (χ0v) is 12.0. The van der Waals surface area contributed by atoms with Gasteiger partial charge >= 0.3 is 0 Å². The molecule has 0 atom stereocenters. The number of hydrogen-bond donors (Lipinski definition) is 0. The van der Waals surface area contributed by atoms with Crippen molar-refractivity contribution in [3.05, 3.63) is 48.0 Å². The Morgan fingerprint density at radius 1 is 0.900 bits per heavy atom. The van der Waals surface area contributed by atoms with Crippen molar-refractivity contribution in [2.24, 2.45) is 0 Å². The van der Waals surface area contributed by atoms with Crippen molar-refractivity contribution >= 4 is 10.8 Å². The van der Waals surface area contributed by atoms with Gasteiger partial charge in [0, 0.05) is 12.8 Å². The van der Waals surface area contributed by atoms with Crippen LogP contribution in [0, 0.1) is 0 Å². The molecule has 0 saturated heterocycles. The van der Waals surface area contributed by atoms with E-state index in [4.69, 9.17) is 0 Å². The van der Waals surface area contributed by atoms with Gasteiger partial charge in [-0.1, -0.05) is 55.8 Å². The summed E-state index contributed by atoms with van der Waals surface area (Å²) in [6, 6.07) is 14.7. The number of benzene rings is 2. The lowest BCUT2D eigenvalue weighted by Gasteiger charge is -2.13. The Kier molecular flexibility index (Phi) is 5.11.